The highest BCUT2D eigenvalue weighted by molar-refractivity contribution is 5.85. The summed E-state index contributed by atoms with van der Waals surface area (Å²) in [7, 11) is 1.90. The van der Waals surface area contributed by atoms with Crippen molar-refractivity contribution in [3.63, 3.8) is 0 Å². The van der Waals surface area contributed by atoms with Gasteiger partial charge >= 0.3 is 0 Å². The van der Waals surface area contributed by atoms with Crippen LogP contribution >= 0.6 is 0 Å². The predicted molar refractivity (Wildman–Crippen MR) is 107 cm³/mol. The molecule has 1 aliphatic rings. The van der Waals surface area contributed by atoms with E-state index in [-0.39, 0.29) is 24.4 Å². The van der Waals surface area contributed by atoms with Gasteiger partial charge in [-0.25, -0.2) is 9.97 Å². The fourth-order valence-corrected chi connectivity index (χ4v) is 3.79. The largest absolute Gasteiger partial charge is 0.373 e. The molecule has 0 unspecified atom stereocenters. The van der Waals surface area contributed by atoms with Crippen LogP contribution in [0, 0.1) is 0 Å². The molecule has 7 heteroatoms. The van der Waals surface area contributed by atoms with Crippen molar-refractivity contribution in [1.29, 1.82) is 0 Å². The molecular weight excluding hydrogens is 354 g/mol. The molecule has 0 amide bonds. The molecule has 1 fully saturated rings. The number of hydrogen-bond acceptors (Lipinski definition) is 6. The third-order valence-corrected chi connectivity index (χ3v) is 4.92. The minimum absolute atomic E-state index is 0.129. The maximum absolute atomic E-state index is 12.5. The highest BCUT2D eigenvalue weighted by Gasteiger charge is 2.23. The van der Waals surface area contributed by atoms with Crippen molar-refractivity contribution >= 4 is 16.7 Å². The Morgan fingerprint density at radius 2 is 1.96 bits per heavy atom. The Kier molecular flexibility index (Phi) is 5.19. The number of aromatic nitrogens is 4. The van der Waals surface area contributed by atoms with Gasteiger partial charge in [-0.1, -0.05) is 12.1 Å². The van der Waals surface area contributed by atoms with Gasteiger partial charge in [-0.2, -0.15) is 5.10 Å². The SMILES string of the molecule is C[C@@H]1CN(CC(=O)Cc2ncc3ccc(-c4cnn(C)c4)cc3n2)C[C@H](C)O1. The monoisotopic (exact) mass is 379 g/mol. The fourth-order valence-electron chi connectivity index (χ4n) is 3.79. The Bertz CT molecular complexity index is 989. The van der Waals surface area contributed by atoms with Crippen LogP contribution in [0.3, 0.4) is 0 Å². The summed E-state index contributed by atoms with van der Waals surface area (Å²) in [6, 6.07) is 6.06. The first-order chi connectivity index (χ1) is 13.5. The van der Waals surface area contributed by atoms with E-state index < -0.39 is 0 Å². The number of aryl methyl sites for hydroxylation is 1. The zero-order valence-corrected chi connectivity index (χ0v) is 16.5. The van der Waals surface area contributed by atoms with Gasteiger partial charge in [-0.15, -0.1) is 0 Å². The van der Waals surface area contributed by atoms with Crippen LogP contribution < -0.4 is 0 Å². The summed E-state index contributed by atoms with van der Waals surface area (Å²) in [6.45, 7) is 6.06. The van der Waals surface area contributed by atoms with Crippen LogP contribution in [0.2, 0.25) is 0 Å². The number of morpholine rings is 1. The lowest BCUT2D eigenvalue weighted by Crippen LogP contribution is -2.47. The van der Waals surface area contributed by atoms with Crippen LogP contribution in [0.25, 0.3) is 22.0 Å². The van der Waals surface area contributed by atoms with E-state index >= 15 is 0 Å². The van der Waals surface area contributed by atoms with Gasteiger partial charge in [-0.05, 0) is 25.5 Å². The minimum Gasteiger partial charge on any atom is -0.373 e. The van der Waals surface area contributed by atoms with Gasteiger partial charge in [0.1, 0.15) is 5.82 Å². The van der Waals surface area contributed by atoms with Crippen molar-refractivity contribution in [3.05, 3.63) is 42.6 Å². The molecule has 1 saturated heterocycles. The molecule has 2 atom stereocenters. The Hall–Kier alpha value is -2.64. The molecule has 7 nitrogen and oxygen atoms in total. The van der Waals surface area contributed by atoms with Crippen LogP contribution in [0.1, 0.15) is 19.7 Å². The molecule has 1 aromatic carbocycles. The number of fused-ring (bicyclic) bond motifs is 1. The van der Waals surface area contributed by atoms with Gasteiger partial charge in [0.2, 0.25) is 0 Å². The van der Waals surface area contributed by atoms with Crippen molar-refractivity contribution < 1.29 is 9.53 Å². The van der Waals surface area contributed by atoms with E-state index in [9.17, 15) is 4.79 Å². The van der Waals surface area contributed by atoms with Gasteiger partial charge in [0, 0.05) is 43.5 Å². The lowest BCUT2D eigenvalue weighted by molar-refractivity contribution is -0.123. The molecule has 0 spiro atoms. The zero-order chi connectivity index (χ0) is 19.7. The molecule has 0 radical (unpaired) electrons. The van der Waals surface area contributed by atoms with E-state index in [2.05, 4.69) is 20.0 Å². The van der Waals surface area contributed by atoms with Gasteiger partial charge in [0.05, 0.1) is 36.9 Å². The van der Waals surface area contributed by atoms with Crippen molar-refractivity contribution in [1.82, 2.24) is 24.6 Å². The molecule has 0 aliphatic carbocycles. The molecular formula is C21H25N5O2. The van der Waals surface area contributed by atoms with Crippen LogP contribution in [0.4, 0.5) is 0 Å². The third-order valence-electron chi connectivity index (χ3n) is 4.92. The van der Waals surface area contributed by atoms with E-state index in [1.54, 1.807) is 10.9 Å². The van der Waals surface area contributed by atoms with Gasteiger partial charge in [0.25, 0.3) is 0 Å². The first kappa shape index (κ1) is 18.7. The average molecular weight is 379 g/mol. The van der Waals surface area contributed by atoms with Crippen molar-refractivity contribution in [2.75, 3.05) is 19.6 Å². The number of ketones is 1. The maximum atomic E-state index is 12.5. The first-order valence-electron chi connectivity index (χ1n) is 9.60. The van der Waals surface area contributed by atoms with Crippen LogP contribution in [-0.2, 0) is 23.0 Å². The summed E-state index contributed by atoms with van der Waals surface area (Å²) < 4.78 is 7.50. The highest BCUT2D eigenvalue weighted by Crippen LogP contribution is 2.22. The van der Waals surface area contributed by atoms with Gasteiger partial charge < -0.3 is 4.74 Å². The normalized spacial score (nSPS) is 20.5. The molecule has 0 bridgehead atoms. The summed E-state index contributed by atoms with van der Waals surface area (Å²) in [6.07, 6.45) is 6.14. The third kappa shape index (κ3) is 4.26. The van der Waals surface area contributed by atoms with Gasteiger partial charge in [0.15, 0.2) is 5.78 Å². The summed E-state index contributed by atoms with van der Waals surface area (Å²) in [4.78, 5) is 23.7. The fraction of sp³-hybridized carbons (Fsp3) is 0.429. The van der Waals surface area contributed by atoms with Crippen molar-refractivity contribution in [2.24, 2.45) is 7.05 Å². The molecule has 3 heterocycles. The highest BCUT2D eigenvalue weighted by atomic mass is 16.5. The van der Waals surface area contributed by atoms with E-state index in [0.717, 1.165) is 35.1 Å². The van der Waals surface area contributed by atoms with Crippen molar-refractivity contribution in [3.8, 4) is 11.1 Å². The molecule has 28 heavy (non-hydrogen) atoms. The Balaban J connectivity index is 1.48. The minimum atomic E-state index is 0.129. The Morgan fingerprint density at radius 1 is 1.18 bits per heavy atom. The number of benzene rings is 1. The first-order valence-corrected chi connectivity index (χ1v) is 9.60. The number of rotatable bonds is 5. The standard InChI is InChI=1S/C21H25N5O2/c1-14-10-26(11-15(2)28-14)13-19(27)7-21-22-8-17-5-4-16(6-20(17)24-21)18-9-23-25(3)12-18/h4-6,8-9,12,14-15H,7,10-11,13H2,1-3H3/t14-,15+. The number of carbonyl (C=O) groups excluding carboxylic acids is 1. The van der Waals surface area contributed by atoms with Crippen LogP contribution in [0.15, 0.2) is 36.8 Å². The number of ether oxygens (including phenoxy) is 1. The Labute approximate surface area is 164 Å². The molecule has 1 aliphatic heterocycles. The number of hydrogen-bond donors (Lipinski definition) is 0. The van der Waals surface area contributed by atoms with E-state index in [0.29, 0.717) is 12.4 Å². The maximum Gasteiger partial charge on any atom is 0.154 e. The summed E-state index contributed by atoms with van der Waals surface area (Å²) in [5.74, 6) is 0.694. The second-order valence-corrected chi connectivity index (χ2v) is 7.63. The van der Waals surface area contributed by atoms with E-state index in [4.69, 9.17) is 4.74 Å². The summed E-state index contributed by atoms with van der Waals surface area (Å²) >= 11 is 0. The molecule has 2 aromatic heterocycles. The van der Waals surface area contributed by atoms with Crippen molar-refractivity contribution in [2.45, 2.75) is 32.5 Å². The summed E-state index contributed by atoms with van der Waals surface area (Å²) in [5, 5.41) is 5.18. The lowest BCUT2D eigenvalue weighted by atomic mass is 10.1. The smallest absolute Gasteiger partial charge is 0.154 e. The predicted octanol–water partition coefficient (Wildman–Crippen LogP) is 2.25. The topological polar surface area (TPSA) is 73.1 Å². The Morgan fingerprint density at radius 3 is 2.68 bits per heavy atom. The summed E-state index contributed by atoms with van der Waals surface area (Å²) in [5.41, 5.74) is 2.93. The van der Waals surface area contributed by atoms with Crippen LogP contribution in [-0.4, -0.2) is 62.3 Å². The molecule has 0 saturated carbocycles. The van der Waals surface area contributed by atoms with E-state index in [1.165, 1.54) is 0 Å². The number of carbonyl (C=O) groups is 1. The zero-order valence-electron chi connectivity index (χ0n) is 16.5. The lowest BCUT2D eigenvalue weighted by Gasteiger charge is -2.34. The molecule has 4 rings (SSSR count). The molecule has 0 N–H and O–H groups in total. The molecule has 146 valence electrons. The second-order valence-electron chi connectivity index (χ2n) is 7.63. The van der Waals surface area contributed by atoms with Gasteiger partial charge in [-0.3, -0.25) is 14.4 Å². The second kappa shape index (κ2) is 7.77. The van der Waals surface area contributed by atoms with Crippen LogP contribution in [0.5, 0.6) is 0 Å². The van der Waals surface area contributed by atoms with E-state index in [1.807, 2.05) is 51.5 Å². The molecule has 3 aromatic rings. The average Bonchev–Trinajstić information content (AvgIpc) is 3.06. The number of Topliss-reactive ketones (excluding diaryl/α,β-unsaturated/α-hetero) is 1. The quantitative estimate of drug-likeness (QED) is 0.677. The number of nitrogens with zero attached hydrogens (tertiary/aromatic N) is 5.